The van der Waals surface area contributed by atoms with Crippen LogP contribution in [-0.4, -0.2) is 15.1 Å². The number of phenols is 1. The molecule has 2 aromatic heterocycles. The summed E-state index contributed by atoms with van der Waals surface area (Å²) in [5.74, 6) is 0.519. The summed E-state index contributed by atoms with van der Waals surface area (Å²) in [6, 6.07) is 36.1. The summed E-state index contributed by atoms with van der Waals surface area (Å²) in [5.41, 5.74) is 7.77. The minimum Gasteiger partial charge on any atom is -0.507 e. The van der Waals surface area contributed by atoms with Crippen LogP contribution in [0.4, 0.5) is 0 Å². The summed E-state index contributed by atoms with van der Waals surface area (Å²) >= 11 is 0. The highest BCUT2D eigenvalue weighted by atomic mass is 16.3. The fourth-order valence-electron chi connectivity index (χ4n) is 4.04. The van der Waals surface area contributed by atoms with Crippen LogP contribution in [0.3, 0.4) is 0 Å². The summed E-state index contributed by atoms with van der Waals surface area (Å²) in [6.07, 6.45) is 1.97. The molecule has 0 aliphatic carbocycles. The molecule has 0 spiro atoms. The van der Waals surface area contributed by atoms with E-state index in [1.54, 1.807) is 6.07 Å². The van der Waals surface area contributed by atoms with Gasteiger partial charge in [-0.25, -0.2) is 4.98 Å². The van der Waals surface area contributed by atoms with Gasteiger partial charge in [-0.3, -0.25) is 4.98 Å². The summed E-state index contributed by atoms with van der Waals surface area (Å²) in [5, 5.41) is 10.2. The molecule has 0 fully saturated rings. The van der Waals surface area contributed by atoms with E-state index in [-0.39, 0.29) is 5.75 Å². The van der Waals surface area contributed by atoms with E-state index in [2.05, 4.69) is 55.5 Å². The molecule has 0 radical (unpaired) electrons. The van der Waals surface area contributed by atoms with Crippen molar-refractivity contribution in [2.24, 2.45) is 0 Å². The third kappa shape index (κ3) is 4.39. The fraction of sp³-hybridized carbons (Fsp3) is 0.0667. The number of hydrogen-bond donors (Lipinski definition) is 1. The van der Waals surface area contributed by atoms with Gasteiger partial charge in [0.05, 0.1) is 17.1 Å². The number of aromatic hydroxyl groups is 1. The Balaban J connectivity index is 1.43. The lowest BCUT2D eigenvalue weighted by Crippen LogP contribution is -1.97. The minimum absolute atomic E-state index is 0.227. The van der Waals surface area contributed by atoms with Crippen LogP contribution >= 0.6 is 0 Å². The van der Waals surface area contributed by atoms with Crippen LogP contribution in [0.25, 0.3) is 33.8 Å². The average Bonchev–Trinajstić information content (AvgIpc) is 2.89. The molecule has 5 aromatic rings. The van der Waals surface area contributed by atoms with Crippen molar-refractivity contribution in [3.05, 3.63) is 127 Å². The molecule has 0 aliphatic heterocycles. The van der Waals surface area contributed by atoms with Gasteiger partial charge in [-0.05, 0) is 47.5 Å². The quantitative estimate of drug-likeness (QED) is 0.319. The van der Waals surface area contributed by atoms with Crippen molar-refractivity contribution < 1.29 is 5.11 Å². The van der Waals surface area contributed by atoms with Crippen molar-refractivity contribution in [3.8, 4) is 39.5 Å². The summed E-state index contributed by atoms with van der Waals surface area (Å²) in [6.45, 7) is 2.20. The first kappa shape index (κ1) is 20.7. The van der Waals surface area contributed by atoms with Crippen molar-refractivity contribution in [2.45, 2.75) is 12.8 Å². The average molecular weight is 429 g/mol. The second-order valence-corrected chi connectivity index (χ2v) is 8.12. The van der Waals surface area contributed by atoms with Gasteiger partial charge in [0, 0.05) is 28.8 Å². The Hall–Kier alpha value is -4.24. The molecule has 1 atom stereocenters. The largest absolute Gasteiger partial charge is 0.507 e. The summed E-state index contributed by atoms with van der Waals surface area (Å²) in [7, 11) is 0. The zero-order chi connectivity index (χ0) is 22.6. The Morgan fingerprint density at radius 3 is 2.06 bits per heavy atom. The Morgan fingerprint density at radius 2 is 1.30 bits per heavy atom. The smallest absolute Gasteiger partial charge is 0.124 e. The normalized spacial score (nSPS) is 11.8. The molecule has 160 valence electrons. The molecule has 0 bridgehead atoms. The van der Waals surface area contributed by atoms with Crippen molar-refractivity contribution in [2.75, 3.05) is 0 Å². The van der Waals surface area contributed by atoms with Gasteiger partial charge < -0.3 is 5.11 Å². The van der Waals surface area contributed by atoms with E-state index >= 15 is 0 Å². The molecule has 1 unspecified atom stereocenters. The van der Waals surface area contributed by atoms with E-state index in [0.29, 0.717) is 5.92 Å². The van der Waals surface area contributed by atoms with Crippen molar-refractivity contribution in [1.82, 2.24) is 9.97 Å². The van der Waals surface area contributed by atoms with Crippen LogP contribution in [0.5, 0.6) is 5.75 Å². The third-order valence-electron chi connectivity index (χ3n) is 5.97. The van der Waals surface area contributed by atoms with Crippen LogP contribution in [0.15, 0.2) is 115 Å². The maximum atomic E-state index is 10.2. The molecule has 2 heterocycles. The standard InChI is InChI=1S/C30H24N2O/c1-21(22-9-3-2-4-10-22)25-17-18-27(31-20-25)23-11-7-12-24(19-23)28-14-8-15-29(32-28)26-13-5-6-16-30(26)33/h2-21,33H,1H3. The fourth-order valence-corrected chi connectivity index (χ4v) is 4.04. The highest BCUT2D eigenvalue weighted by molar-refractivity contribution is 5.73. The van der Waals surface area contributed by atoms with Crippen LogP contribution in [0.1, 0.15) is 24.0 Å². The van der Waals surface area contributed by atoms with Gasteiger partial charge in [-0.15, -0.1) is 0 Å². The monoisotopic (exact) mass is 428 g/mol. The molecule has 1 N–H and O–H groups in total. The maximum absolute atomic E-state index is 10.2. The second kappa shape index (κ2) is 9.09. The van der Waals surface area contributed by atoms with E-state index in [9.17, 15) is 5.11 Å². The van der Waals surface area contributed by atoms with Crippen LogP contribution in [-0.2, 0) is 0 Å². The number of benzene rings is 3. The summed E-state index contributed by atoms with van der Waals surface area (Å²) < 4.78 is 0. The van der Waals surface area contributed by atoms with Gasteiger partial charge in [-0.1, -0.05) is 79.7 Å². The molecule has 3 heteroatoms. The Morgan fingerprint density at radius 1 is 0.606 bits per heavy atom. The van der Waals surface area contributed by atoms with E-state index in [1.807, 2.05) is 60.8 Å². The Bertz CT molecular complexity index is 1380. The first-order valence-corrected chi connectivity index (χ1v) is 11.1. The van der Waals surface area contributed by atoms with Crippen LogP contribution in [0.2, 0.25) is 0 Å². The van der Waals surface area contributed by atoms with Crippen molar-refractivity contribution in [3.63, 3.8) is 0 Å². The van der Waals surface area contributed by atoms with E-state index in [0.717, 1.165) is 33.8 Å². The lowest BCUT2D eigenvalue weighted by molar-refractivity contribution is 0.477. The maximum Gasteiger partial charge on any atom is 0.124 e. The predicted molar refractivity (Wildman–Crippen MR) is 134 cm³/mol. The lowest BCUT2D eigenvalue weighted by atomic mass is 9.94. The number of aromatic nitrogens is 2. The number of phenolic OH excluding ortho intramolecular Hbond substituents is 1. The molecular formula is C30H24N2O. The Kier molecular flexibility index (Phi) is 5.69. The number of nitrogens with zero attached hydrogens (tertiary/aromatic N) is 2. The predicted octanol–water partition coefficient (Wildman–Crippen LogP) is 7.34. The molecule has 33 heavy (non-hydrogen) atoms. The molecule has 0 amide bonds. The number of hydrogen-bond acceptors (Lipinski definition) is 3. The van der Waals surface area contributed by atoms with E-state index < -0.39 is 0 Å². The second-order valence-electron chi connectivity index (χ2n) is 8.12. The van der Waals surface area contributed by atoms with Gasteiger partial charge in [0.15, 0.2) is 0 Å². The number of rotatable bonds is 5. The number of pyridine rings is 2. The molecular weight excluding hydrogens is 404 g/mol. The molecule has 0 saturated heterocycles. The zero-order valence-electron chi connectivity index (χ0n) is 18.4. The lowest BCUT2D eigenvalue weighted by Gasteiger charge is -2.13. The Labute approximate surface area is 194 Å². The van der Waals surface area contributed by atoms with Gasteiger partial charge in [0.25, 0.3) is 0 Å². The van der Waals surface area contributed by atoms with E-state index in [1.165, 1.54) is 11.1 Å². The highest BCUT2D eigenvalue weighted by Gasteiger charge is 2.11. The van der Waals surface area contributed by atoms with Crippen LogP contribution in [0, 0.1) is 0 Å². The van der Waals surface area contributed by atoms with Crippen molar-refractivity contribution in [1.29, 1.82) is 0 Å². The molecule has 3 aromatic carbocycles. The molecule has 5 rings (SSSR count). The van der Waals surface area contributed by atoms with E-state index in [4.69, 9.17) is 9.97 Å². The first-order valence-electron chi connectivity index (χ1n) is 11.1. The van der Waals surface area contributed by atoms with Crippen molar-refractivity contribution >= 4 is 0 Å². The number of para-hydroxylation sites is 1. The van der Waals surface area contributed by atoms with Gasteiger partial charge >= 0.3 is 0 Å². The first-order chi connectivity index (χ1) is 16.2. The molecule has 3 nitrogen and oxygen atoms in total. The third-order valence-corrected chi connectivity index (χ3v) is 5.97. The highest BCUT2D eigenvalue weighted by Crippen LogP contribution is 2.31. The molecule has 0 saturated carbocycles. The van der Waals surface area contributed by atoms with Gasteiger partial charge in [0.2, 0.25) is 0 Å². The SMILES string of the molecule is CC(c1ccccc1)c1ccc(-c2cccc(-c3cccc(-c4ccccc4O)n3)c2)nc1. The zero-order valence-corrected chi connectivity index (χ0v) is 18.4. The minimum atomic E-state index is 0.227. The summed E-state index contributed by atoms with van der Waals surface area (Å²) in [4.78, 5) is 9.55. The van der Waals surface area contributed by atoms with Gasteiger partial charge in [0.1, 0.15) is 5.75 Å². The molecule has 0 aliphatic rings. The topological polar surface area (TPSA) is 46.0 Å². The van der Waals surface area contributed by atoms with Gasteiger partial charge in [-0.2, -0.15) is 0 Å². The van der Waals surface area contributed by atoms with Crippen LogP contribution < -0.4 is 0 Å².